The van der Waals surface area contributed by atoms with Gasteiger partial charge in [-0.25, -0.2) is 12.7 Å². The van der Waals surface area contributed by atoms with Crippen LogP contribution in [0, 0.1) is 3.57 Å². The molecule has 1 saturated heterocycles. The fraction of sp³-hybridized carbons (Fsp3) is 0.533. The molecule has 1 unspecified atom stereocenters. The van der Waals surface area contributed by atoms with Gasteiger partial charge in [-0.2, -0.15) is 0 Å². The van der Waals surface area contributed by atoms with E-state index in [1.54, 1.807) is 12.1 Å². The van der Waals surface area contributed by atoms with Crippen LogP contribution in [0.25, 0.3) is 0 Å². The van der Waals surface area contributed by atoms with Crippen molar-refractivity contribution in [3.63, 3.8) is 0 Å². The van der Waals surface area contributed by atoms with Gasteiger partial charge in [0.2, 0.25) is 10.0 Å². The molecule has 0 bridgehead atoms. The Morgan fingerprint density at radius 3 is 2.59 bits per heavy atom. The highest BCUT2D eigenvalue weighted by Gasteiger charge is 2.27. The molecule has 0 N–H and O–H groups in total. The van der Waals surface area contributed by atoms with E-state index >= 15 is 0 Å². The van der Waals surface area contributed by atoms with Crippen LogP contribution in [0.5, 0.6) is 0 Å². The van der Waals surface area contributed by atoms with E-state index in [2.05, 4.69) is 22.6 Å². The number of amides is 1. The highest BCUT2D eigenvalue weighted by atomic mass is 127. The van der Waals surface area contributed by atoms with Crippen molar-refractivity contribution in [1.82, 2.24) is 9.21 Å². The molecule has 0 aromatic heterocycles. The fourth-order valence-corrected chi connectivity index (χ4v) is 4.09. The predicted molar refractivity (Wildman–Crippen MR) is 94.4 cm³/mol. The first-order valence-corrected chi connectivity index (χ1v) is 9.80. The smallest absolute Gasteiger partial charge is 0.255 e. The van der Waals surface area contributed by atoms with Crippen LogP contribution >= 0.6 is 22.6 Å². The summed E-state index contributed by atoms with van der Waals surface area (Å²) in [7, 11) is -0.559. The summed E-state index contributed by atoms with van der Waals surface area (Å²) in [6, 6.07) is 4.94. The monoisotopic (exact) mass is 436 g/mol. The van der Waals surface area contributed by atoms with Gasteiger partial charge in [-0.05, 0) is 67.0 Å². The number of benzene rings is 1. The molecule has 7 heteroatoms. The predicted octanol–water partition coefficient (Wildman–Crippen LogP) is 2.56. The number of piperidine rings is 1. The summed E-state index contributed by atoms with van der Waals surface area (Å²) in [5, 5.41) is 0. The number of rotatable bonds is 3. The van der Waals surface area contributed by atoms with E-state index in [0.717, 1.165) is 33.7 Å². The molecule has 122 valence electrons. The summed E-state index contributed by atoms with van der Waals surface area (Å²) in [6.07, 6.45) is 3.14. The van der Waals surface area contributed by atoms with Crippen molar-refractivity contribution in [3.8, 4) is 0 Å². The van der Waals surface area contributed by atoms with Crippen molar-refractivity contribution in [1.29, 1.82) is 0 Å². The largest absolute Gasteiger partial charge is 0.336 e. The van der Waals surface area contributed by atoms with Crippen molar-refractivity contribution in [3.05, 3.63) is 27.3 Å². The van der Waals surface area contributed by atoms with Crippen molar-refractivity contribution >= 4 is 38.5 Å². The fourth-order valence-electron chi connectivity index (χ4n) is 2.59. The van der Waals surface area contributed by atoms with Crippen molar-refractivity contribution in [2.45, 2.75) is 37.1 Å². The first-order valence-electron chi connectivity index (χ1n) is 7.28. The first-order chi connectivity index (χ1) is 10.2. The summed E-state index contributed by atoms with van der Waals surface area (Å²) in [6.45, 7) is 2.78. The van der Waals surface area contributed by atoms with Crippen LogP contribution in [-0.2, 0) is 10.0 Å². The van der Waals surface area contributed by atoms with Gasteiger partial charge in [-0.1, -0.05) is 0 Å². The molecule has 22 heavy (non-hydrogen) atoms. The molecule has 1 aliphatic rings. The van der Waals surface area contributed by atoms with Gasteiger partial charge in [0.1, 0.15) is 0 Å². The lowest BCUT2D eigenvalue weighted by atomic mass is 10.0. The Morgan fingerprint density at radius 2 is 2.00 bits per heavy atom. The van der Waals surface area contributed by atoms with Crippen LogP contribution in [-0.4, -0.2) is 50.2 Å². The summed E-state index contributed by atoms with van der Waals surface area (Å²) < 4.78 is 26.5. The second kappa shape index (κ2) is 6.84. The number of carbonyl (C=O) groups is 1. The number of sulfonamides is 1. The molecule has 2 rings (SSSR count). The van der Waals surface area contributed by atoms with Crippen LogP contribution in [0.15, 0.2) is 23.1 Å². The third-order valence-corrected chi connectivity index (χ3v) is 6.76. The van der Waals surface area contributed by atoms with Gasteiger partial charge in [0.25, 0.3) is 5.91 Å². The average Bonchev–Trinajstić information content (AvgIpc) is 2.47. The normalized spacial score (nSPS) is 19.5. The highest BCUT2D eigenvalue weighted by molar-refractivity contribution is 14.1. The van der Waals surface area contributed by atoms with E-state index in [0.29, 0.717) is 5.56 Å². The molecule has 1 aromatic rings. The highest BCUT2D eigenvalue weighted by Crippen LogP contribution is 2.24. The minimum Gasteiger partial charge on any atom is -0.336 e. The van der Waals surface area contributed by atoms with Crippen LogP contribution in [0.3, 0.4) is 0 Å². The van der Waals surface area contributed by atoms with Gasteiger partial charge in [0, 0.05) is 30.3 Å². The third kappa shape index (κ3) is 3.46. The Bertz CT molecular complexity index is 673. The average molecular weight is 436 g/mol. The Kier molecular flexibility index (Phi) is 5.50. The van der Waals surface area contributed by atoms with Gasteiger partial charge in [0.15, 0.2) is 0 Å². The lowest BCUT2D eigenvalue weighted by molar-refractivity contribution is 0.0634. The van der Waals surface area contributed by atoms with Gasteiger partial charge in [-0.15, -0.1) is 0 Å². The van der Waals surface area contributed by atoms with E-state index in [1.165, 1.54) is 20.2 Å². The first kappa shape index (κ1) is 17.7. The van der Waals surface area contributed by atoms with Gasteiger partial charge >= 0.3 is 0 Å². The minimum atomic E-state index is -3.53. The van der Waals surface area contributed by atoms with Gasteiger partial charge in [0.05, 0.1) is 10.5 Å². The Balaban J connectivity index is 2.41. The third-order valence-electron chi connectivity index (χ3n) is 4.01. The molecule has 1 atom stereocenters. The number of likely N-dealkylation sites (tertiary alicyclic amines) is 1. The molecule has 1 aromatic carbocycles. The SMILES string of the molecule is CC1CCCCN1C(=O)c1cc(S(=O)(=O)N(C)C)ccc1I. The summed E-state index contributed by atoms with van der Waals surface area (Å²) >= 11 is 2.09. The number of hydrogen-bond donors (Lipinski definition) is 0. The summed E-state index contributed by atoms with van der Waals surface area (Å²) in [4.78, 5) is 14.8. The standard InChI is InChI=1S/C15H21IN2O3S/c1-11-6-4-5-9-18(11)15(19)13-10-12(7-8-14(13)16)22(20,21)17(2)3/h7-8,10-11H,4-6,9H2,1-3H3. The van der Waals surface area contributed by atoms with E-state index in [1.807, 2.05) is 11.8 Å². The molecule has 1 aliphatic heterocycles. The molecule has 1 amide bonds. The maximum absolute atomic E-state index is 12.8. The zero-order valence-corrected chi connectivity index (χ0v) is 16.0. The molecule has 1 fully saturated rings. The van der Waals surface area contributed by atoms with Crippen LogP contribution in [0.2, 0.25) is 0 Å². The molecule has 0 radical (unpaired) electrons. The Hall–Kier alpha value is -0.670. The number of nitrogens with zero attached hydrogens (tertiary/aromatic N) is 2. The minimum absolute atomic E-state index is 0.0765. The van der Waals surface area contributed by atoms with Crippen LogP contribution in [0.1, 0.15) is 36.5 Å². The second-order valence-corrected chi connectivity index (χ2v) is 9.09. The number of halogens is 1. The lowest BCUT2D eigenvalue weighted by Crippen LogP contribution is -2.42. The maximum Gasteiger partial charge on any atom is 0.255 e. The number of carbonyl (C=O) groups excluding carboxylic acids is 1. The quantitative estimate of drug-likeness (QED) is 0.685. The van der Waals surface area contributed by atoms with Gasteiger partial charge in [-0.3, -0.25) is 4.79 Å². The van der Waals surface area contributed by atoms with Crippen LogP contribution < -0.4 is 0 Å². The molecule has 0 aliphatic carbocycles. The molecule has 1 heterocycles. The second-order valence-electron chi connectivity index (χ2n) is 5.77. The van der Waals surface area contributed by atoms with E-state index in [4.69, 9.17) is 0 Å². The Morgan fingerprint density at radius 1 is 1.32 bits per heavy atom. The topological polar surface area (TPSA) is 57.7 Å². The summed E-state index contributed by atoms with van der Waals surface area (Å²) in [5.74, 6) is -0.0765. The number of hydrogen-bond acceptors (Lipinski definition) is 3. The Labute approximate surface area is 145 Å². The lowest BCUT2D eigenvalue weighted by Gasteiger charge is -2.33. The maximum atomic E-state index is 12.8. The van der Waals surface area contributed by atoms with E-state index in [-0.39, 0.29) is 16.8 Å². The zero-order valence-electron chi connectivity index (χ0n) is 13.0. The molecule has 0 saturated carbocycles. The summed E-state index contributed by atoms with van der Waals surface area (Å²) in [5.41, 5.74) is 0.470. The molecule has 5 nitrogen and oxygen atoms in total. The molecular formula is C15H21IN2O3S. The van der Waals surface area contributed by atoms with Crippen molar-refractivity contribution in [2.75, 3.05) is 20.6 Å². The molecule has 0 spiro atoms. The van der Waals surface area contributed by atoms with E-state index in [9.17, 15) is 13.2 Å². The van der Waals surface area contributed by atoms with Gasteiger partial charge < -0.3 is 4.90 Å². The zero-order chi connectivity index (χ0) is 16.5. The van der Waals surface area contributed by atoms with E-state index < -0.39 is 10.0 Å². The van der Waals surface area contributed by atoms with Crippen molar-refractivity contribution in [2.24, 2.45) is 0 Å². The molecular weight excluding hydrogens is 415 g/mol. The van der Waals surface area contributed by atoms with Crippen LogP contribution in [0.4, 0.5) is 0 Å². The van der Waals surface area contributed by atoms with Crippen molar-refractivity contribution < 1.29 is 13.2 Å².